The Balaban J connectivity index is 1.29. The van der Waals surface area contributed by atoms with Gasteiger partial charge in [0, 0.05) is 17.1 Å². The van der Waals surface area contributed by atoms with Crippen molar-refractivity contribution in [3.8, 4) is 11.5 Å². The molecule has 40 heavy (non-hydrogen) atoms. The SMILES string of the molecule is CC(OC(=O)c1c2c(nc3ccccc13)/C(=C/c1ccc(F)cc1)CCC2)C(=O)Nc1ccc2c(c1)OCCO2. The molecule has 1 unspecified atom stereocenters. The summed E-state index contributed by atoms with van der Waals surface area (Å²) >= 11 is 0. The number of aromatic nitrogens is 1. The molecule has 1 aliphatic heterocycles. The minimum Gasteiger partial charge on any atom is -0.486 e. The molecule has 0 fully saturated rings. The second-order valence-electron chi connectivity index (χ2n) is 9.80. The van der Waals surface area contributed by atoms with Crippen molar-refractivity contribution in [1.82, 2.24) is 4.98 Å². The monoisotopic (exact) mass is 538 g/mol. The molecule has 0 spiro atoms. The van der Waals surface area contributed by atoms with Gasteiger partial charge in [0.25, 0.3) is 5.91 Å². The van der Waals surface area contributed by atoms with Crippen molar-refractivity contribution in [1.29, 1.82) is 0 Å². The Labute approximate surface area is 230 Å². The first-order chi connectivity index (χ1) is 19.5. The van der Waals surface area contributed by atoms with E-state index in [-0.39, 0.29) is 5.82 Å². The topological polar surface area (TPSA) is 86.8 Å². The van der Waals surface area contributed by atoms with Gasteiger partial charge >= 0.3 is 5.97 Å². The predicted octanol–water partition coefficient (Wildman–Crippen LogP) is 6.21. The van der Waals surface area contributed by atoms with Crippen LogP contribution in [0, 0.1) is 5.82 Å². The summed E-state index contributed by atoms with van der Waals surface area (Å²) in [6, 6.07) is 18.8. The summed E-state index contributed by atoms with van der Waals surface area (Å²) in [5, 5.41) is 3.46. The van der Waals surface area contributed by atoms with Crippen LogP contribution in [0.2, 0.25) is 0 Å². The third kappa shape index (κ3) is 5.12. The van der Waals surface area contributed by atoms with Gasteiger partial charge in [0.1, 0.15) is 19.0 Å². The molecule has 1 atom stereocenters. The van der Waals surface area contributed by atoms with Crippen molar-refractivity contribution in [3.05, 3.63) is 94.9 Å². The van der Waals surface area contributed by atoms with E-state index in [0.717, 1.165) is 35.2 Å². The second-order valence-corrected chi connectivity index (χ2v) is 9.80. The molecule has 6 rings (SSSR count). The molecule has 8 heteroatoms. The van der Waals surface area contributed by atoms with Crippen LogP contribution in [0.25, 0.3) is 22.6 Å². The van der Waals surface area contributed by atoms with Gasteiger partial charge in [-0.1, -0.05) is 30.3 Å². The van der Waals surface area contributed by atoms with Crippen molar-refractivity contribution in [2.24, 2.45) is 0 Å². The number of hydrogen-bond acceptors (Lipinski definition) is 6. The van der Waals surface area contributed by atoms with Gasteiger partial charge in [-0.2, -0.15) is 0 Å². The van der Waals surface area contributed by atoms with E-state index in [1.54, 1.807) is 37.3 Å². The molecule has 3 aromatic carbocycles. The number of pyridine rings is 1. The third-order valence-electron chi connectivity index (χ3n) is 7.05. The van der Waals surface area contributed by atoms with E-state index in [4.69, 9.17) is 19.2 Å². The molecule has 0 radical (unpaired) electrons. The summed E-state index contributed by atoms with van der Waals surface area (Å²) < 4.78 is 30.3. The standard InChI is InChI=1S/C32H27FN2O5/c1-19(31(36)34-23-13-14-27-28(18-23)39-16-15-38-27)40-32(37)29-24-6-2-3-8-26(24)35-30-21(5-4-7-25(29)30)17-20-9-11-22(33)12-10-20/h2-3,6,8-14,17-19H,4-5,7,15-16H2,1H3,(H,34,36)/b21-17+. The summed E-state index contributed by atoms with van der Waals surface area (Å²) in [5.74, 6) is -0.177. The lowest BCUT2D eigenvalue weighted by atomic mass is 9.86. The minimum absolute atomic E-state index is 0.299. The lowest BCUT2D eigenvalue weighted by Crippen LogP contribution is -2.30. The largest absolute Gasteiger partial charge is 0.486 e. The van der Waals surface area contributed by atoms with Crippen LogP contribution in [0.4, 0.5) is 10.1 Å². The number of nitrogens with one attached hydrogen (secondary N) is 1. The van der Waals surface area contributed by atoms with E-state index in [0.29, 0.717) is 53.3 Å². The first-order valence-electron chi connectivity index (χ1n) is 13.3. The van der Waals surface area contributed by atoms with Crippen LogP contribution in [-0.4, -0.2) is 36.2 Å². The van der Waals surface area contributed by atoms with Crippen LogP contribution in [0.1, 0.15) is 46.9 Å². The average Bonchev–Trinajstić information content (AvgIpc) is 2.97. The average molecular weight is 539 g/mol. The predicted molar refractivity (Wildman–Crippen MR) is 150 cm³/mol. The van der Waals surface area contributed by atoms with Gasteiger partial charge in [-0.3, -0.25) is 4.79 Å². The quantitative estimate of drug-likeness (QED) is 0.304. The molecule has 4 aromatic rings. The molecule has 1 aliphatic carbocycles. The number of amides is 1. The van der Waals surface area contributed by atoms with Gasteiger partial charge in [-0.25, -0.2) is 14.2 Å². The molecule has 0 bridgehead atoms. The molecule has 1 amide bonds. The summed E-state index contributed by atoms with van der Waals surface area (Å²) in [5.41, 5.74) is 4.94. The van der Waals surface area contributed by atoms with Gasteiger partial charge in [-0.05, 0) is 79.3 Å². The van der Waals surface area contributed by atoms with Crippen molar-refractivity contribution >= 4 is 40.1 Å². The van der Waals surface area contributed by atoms with E-state index in [9.17, 15) is 14.0 Å². The number of halogens is 1. The van der Waals surface area contributed by atoms with Crippen molar-refractivity contribution < 1.29 is 28.2 Å². The Morgan fingerprint density at radius 1 is 1.00 bits per heavy atom. The zero-order valence-electron chi connectivity index (χ0n) is 21.9. The fourth-order valence-corrected chi connectivity index (χ4v) is 5.11. The Morgan fingerprint density at radius 2 is 1.77 bits per heavy atom. The van der Waals surface area contributed by atoms with Gasteiger partial charge in [0.15, 0.2) is 17.6 Å². The van der Waals surface area contributed by atoms with Gasteiger partial charge in [0.05, 0.1) is 16.8 Å². The zero-order valence-corrected chi connectivity index (χ0v) is 21.9. The fraction of sp³-hybridized carbons (Fsp3) is 0.219. The van der Waals surface area contributed by atoms with Gasteiger partial charge in [0.2, 0.25) is 0 Å². The van der Waals surface area contributed by atoms with Crippen molar-refractivity contribution in [2.75, 3.05) is 18.5 Å². The van der Waals surface area contributed by atoms with Crippen LogP contribution in [-0.2, 0) is 16.0 Å². The maximum atomic E-state index is 13.7. The summed E-state index contributed by atoms with van der Waals surface area (Å²) in [7, 11) is 0. The van der Waals surface area contributed by atoms with E-state index < -0.39 is 18.0 Å². The van der Waals surface area contributed by atoms with E-state index >= 15 is 0 Å². The molecule has 2 heterocycles. The highest BCUT2D eigenvalue weighted by atomic mass is 19.1. The first-order valence-corrected chi connectivity index (χ1v) is 13.3. The number of carbonyl (C=O) groups is 2. The second kappa shape index (κ2) is 10.8. The number of nitrogens with zero attached hydrogens (tertiary/aromatic N) is 1. The molecule has 0 saturated carbocycles. The summed E-state index contributed by atoms with van der Waals surface area (Å²) in [6.07, 6.45) is 3.17. The molecule has 2 aliphatic rings. The Hall–Kier alpha value is -4.72. The van der Waals surface area contributed by atoms with Crippen LogP contribution in [0.15, 0.2) is 66.7 Å². The molecule has 1 N–H and O–H groups in total. The lowest BCUT2D eigenvalue weighted by Gasteiger charge is -2.23. The maximum Gasteiger partial charge on any atom is 0.339 e. The smallest absolute Gasteiger partial charge is 0.339 e. The van der Waals surface area contributed by atoms with Crippen molar-refractivity contribution in [2.45, 2.75) is 32.3 Å². The number of hydrogen-bond donors (Lipinski definition) is 1. The van der Waals surface area contributed by atoms with Crippen LogP contribution < -0.4 is 14.8 Å². The number of benzene rings is 3. The fourth-order valence-electron chi connectivity index (χ4n) is 5.11. The number of anilines is 1. The number of carbonyl (C=O) groups excluding carboxylic acids is 2. The minimum atomic E-state index is -1.05. The number of allylic oxidation sites excluding steroid dienone is 1. The van der Waals surface area contributed by atoms with Gasteiger partial charge in [-0.15, -0.1) is 0 Å². The highest BCUT2D eigenvalue weighted by molar-refractivity contribution is 6.07. The molecule has 202 valence electrons. The summed E-state index contributed by atoms with van der Waals surface area (Å²) in [6.45, 7) is 2.45. The highest BCUT2D eigenvalue weighted by Gasteiger charge is 2.28. The van der Waals surface area contributed by atoms with E-state index in [1.165, 1.54) is 12.1 Å². The van der Waals surface area contributed by atoms with Crippen LogP contribution in [0.5, 0.6) is 11.5 Å². The normalized spacial score (nSPS) is 15.8. The number of ether oxygens (including phenoxy) is 3. The summed E-state index contributed by atoms with van der Waals surface area (Å²) in [4.78, 5) is 31.5. The molecule has 1 aromatic heterocycles. The molecule has 7 nitrogen and oxygen atoms in total. The molecular weight excluding hydrogens is 511 g/mol. The number of para-hydroxylation sites is 1. The highest BCUT2D eigenvalue weighted by Crippen LogP contribution is 2.37. The van der Waals surface area contributed by atoms with E-state index in [2.05, 4.69) is 5.32 Å². The Morgan fingerprint density at radius 3 is 2.60 bits per heavy atom. The Bertz CT molecular complexity index is 1650. The van der Waals surface area contributed by atoms with Crippen LogP contribution in [0.3, 0.4) is 0 Å². The van der Waals surface area contributed by atoms with Crippen molar-refractivity contribution in [3.63, 3.8) is 0 Å². The van der Waals surface area contributed by atoms with E-state index in [1.807, 2.05) is 30.3 Å². The zero-order chi connectivity index (χ0) is 27.6. The molecule has 0 saturated heterocycles. The Kier molecular flexibility index (Phi) is 6.90. The van der Waals surface area contributed by atoms with Crippen LogP contribution >= 0.6 is 0 Å². The first kappa shape index (κ1) is 25.6. The third-order valence-corrected chi connectivity index (χ3v) is 7.05. The lowest BCUT2D eigenvalue weighted by molar-refractivity contribution is -0.123. The number of rotatable bonds is 5. The number of esters is 1. The number of fused-ring (bicyclic) bond motifs is 3. The van der Waals surface area contributed by atoms with Gasteiger partial charge < -0.3 is 19.5 Å². The maximum absolute atomic E-state index is 13.7. The molecular formula is C32H27FN2O5.